The van der Waals surface area contributed by atoms with Crippen LogP contribution < -0.4 is 5.32 Å². The molecule has 5 nitrogen and oxygen atoms in total. The lowest BCUT2D eigenvalue weighted by atomic mass is 10.2. The number of halogens is 2. The summed E-state index contributed by atoms with van der Waals surface area (Å²) in [6.07, 6.45) is 0. The lowest BCUT2D eigenvalue weighted by Gasteiger charge is -2.13. The molecule has 1 aliphatic heterocycles. The molecule has 0 radical (unpaired) electrons. The average Bonchev–Trinajstić information content (AvgIpc) is 3.14. The number of hydrogen-bond acceptors (Lipinski definition) is 3. The third-order valence-corrected chi connectivity index (χ3v) is 6.45. The second kappa shape index (κ2) is 7.22. The van der Waals surface area contributed by atoms with Gasteiger partial charge in [0.05, 0.1) is 33.5 Å². The van der Waals surface area contributed by atoms with Crippen molar-refractivity contribution in [3.05, 3.63) is 74.3 Å². The van der Waals surface area contributed by atoms with Crippen LogP contribution in [0.25, 0.3) is 5.69 Å². The molecule has 1 aliphatic rings. The van der Waals surface area contributed by atoms with Crippen molar-refractivity contribution < 1.29 is 9.00 Å². The first-order valence-corrected chi connectivity index (χ1v) is 10.9. The van der Waals surface area contributed by atoms with Gasteiger partial charge in [0.2, 0.25) is 0 Å². The number of hydrogen-bond donors (Lipinski definition) is 1. The van der Waals surface area contributed by atoms with Gasteiger partial charge in [-0.05, 0) is 36.8 Å². The summed E-state index contributed by atoms with van der Waals surface area (Å²) in [6.45, 7) is 1.98. The fraction of sp³-hybridized carbons (Fsp3) is 0.158. The van der Waals surface area contributed by atoms with Crippen LogP contribution in [0, 0.1) is 6.92 Å². The van der Waals surface area contributed by atoms with E-state index in [9.17, 15) is 9.00 Å². The number of para-hydroxylation sites is 1. The van der Waals surface area contributed by atoms with E-state index in [4.69, 9.17) is 11.6 Å². The van der Waals surface area contributed by atoms with Gasteiger partial charge in [-0.15, -0.1) is 0 Å². The monoisotopic (exact) mass is 463 g/mol. The highest BCUT2D eigenvalue weighted by molar-refractivity contribution is 9.10. The van der Waals surface area contributed by atoms with E-state index in [1.165, 1.54) is 0 Å². The minimum atomic E-state index is -0.997. The quantitative estimate of drug-likeness (QED) is 0.615. The Morgan fingerprint density at radius 2 is 2.04 bits per heavy atom. The zero-order valence-corrected chi connectivity index (χ0v) is 17.5. The van der Waals surface area contributed by atoms with Crippen LogP contribution >= 0.6 is 27.5 Å². The molecule has 27 heavy (non-hydrogen) atoms. The number of carbonyl (C=O) groups excluding carboxylic acids is 1. The molecule has 0 aliphatic carbocycles. The van der Waals surface area contributed by atoms with Crippen molar-refractivity contribution >= 4 is 50.1 Å². The molecule has 1 amide bonds. The lowest BCUT2D eigenvalue weighted by molar-refractivity contribution is 0.102. The third-order valence-electron chi connectivity index (χ3n) is 4.42. The molecular weight excluding hydrogens is 450 g/mol. The summed E-state index contributed by atoms with van der Waals surface area (Å²) in [5.74, 6) is 0.986. The zero-order chi connectivity index (χ0) is 19.1. The van der Waals surface area contributed by atoms with Crippen molar-refractivity contribution in [2.75, 3.05) is 5.32 Å². The number of fused-ring (bicyclic) bond motifs is 1. The van der Waals surface area contributed by atoms with E-state index in [0.29, 0.717) is 27.9 Å². The normalized spacial score (nSPS) is 15.6. The van der Waals surface area contributed by atoms with Crippen molar-refractivity contribution in [2.45, 2.75) is 18.4 Å². The van der Waals surface area contributed by atoms with Gasteiger partial charge in [0, 0.05) is 20.8 Å². The molecule has 3 aromatic rings. The van der Waals surface area contributed by atoms with E-state index < -0.39 is 10.8 Å². The van der Waals surface area contributed by atoms with Crippen molar-refractivity contribution in [1.82, 2.24) is 9.78 Å². The number of anilines is 1. The molecule has 1 aromatic heterocycles. The standard InChI is InChI=1S/C19H15BrClN3O2S/c1-11-4-2-3-5-17(11)24-18(14-9-27(26)10-16(14)23-24)22-19(25)13-8-12(20)6-7-15(13)21/h2-8H,9-10H2,1H3,(H,22,25). The van der Waals surface area contributed by atoms with E-state index >= 15 is 0 Å². The summed E-state index contributed by atoms with van der Waals surface area (Å²) in [5.41, 5.74) is 3.82. The molecule has 0 saturated heterocycles. The summed E-state index contributed by atoms with van der Waals surface area (Å²) >= 11 is 9.57. The summed E-state index contributed by atoms with van der Waals surface area (Å²) in [5, 5.41) is 7.93. The molecular formula is C19H15BrClN3O2S. The number of amides is 1. The van der Waals surface area contributed by atoms with Crippen LogP contribution in [-0.2, 0) is 22.3 Å². The molecule has 0 fully saturated rings. The largest absolute Gasteiger partial charge is 0.306 e. The van der Waals surface area contributed by atoms with Crippen LogP contribution in [0.2, 0.25) is 5.02 Å². The van der Waals surface area contributed by atoms with Gasteiger partial charge < -0.3 is 5.32 Å². The van der Waals surface area contributed by atoms with E-state index in [2.05, 4.69) is 26.3 Å². The van der Waals surface area contributed by atoms with Gasteiger partial charge in [-0.1, -0.05) is 45.7 Å². The second-order valence-corrected chi connectivity index (χ2v) is 9.06. The molecule has 2 heterocycles. The number of rotatable bonds is 3. The van der Waals surface area contributed by atoms with E-state index in [0.717, 1.165) is 27.0 Å². The maximum absolute atomic E-state index is 12.9. The van der Waals surface area contributed by atoms with Gasteiger partial charge in [-0.25, -0.2) is 4.68 Å². The minimum absolute atomic E-state index is 0.337. The maximum atomic E-state index is 12.9. The van der Waals surface area contributed by atoms with Crippen LogP contribution in [0.3, 0.4) is 0 Å². The lowest BCUT2D eigenvalue weighted by Crippen LogP contribution is -2.17. The summed E-state index contributed by atoms with van der Waals surface area (Å²) in [4.78, 5) is 12.9. The Hall–Kier alpha value is -1.96. The molecule has 2 aromatic carbocycles. The van der Waals surface area contributed by atoms with Crippen LogP contribution in [0.5, 0.6) is 0 Å². The number of benzene rings is 2. The van der Waals surface area contributed by atoms with Crippen LogP contribution in [0.4, 0.5) is 5.82 Å². The smallest absolute Gasteiger partial charge is 0.258 e. The minimum Gasteiger partial charge on any atom is -0.306 e. The van der Waals surface area contributed by atoms with E-state index in [1.807, 2.05) is 31.2 Å². The Kier molecular flexibility index (Phi) is 4.92. The van der Waals surface area contributed by atoms with E-state index in [1.54, 1.807) is 22.9 Å². The number of aryl methyl sites for hydroxylation is 1. The summed E-state index contributed by atoms with van der Waals surface area (Å²) in [6, 6.07) is 12.9. The average molecular weight is 465 g/mol. The fourth-order valence-corrected chi connectivity index (χ4v) is 4.91. The molecule has 1 unspecified atom stereocenters. The molecule has 1 N–H and O–H groups in total. The topological polar surface area (TPSA) is 64.0 Å². The van der Waals surface area contributed by atoms with Gasteiger partial charge in [-0.3, -0.25) is 9.00 Å². The van der Waals surface area contributed by atoms with Gasteiger partial charge in [0.15, 0.2) is 0 Å². The van der Waals surface area contributed by atoms with Crippen LogP contribution in [-0.4, -0.2) is 19.9 Å². The Labute approximate surface area is 172 Å². The van der Waals surface area contributed by atoms with Crippen molar-refractivity contribution in [2.24, 2.45) is 0 Å². The molecule has 0 spiro atoms. The van der Waals surface area contributed by atoms with Gasteiger partial charge in [-0.2, -0.15) is 5.10 Å². The zero-order valence-electron chi connectivity index (χ0n) is 14.3. The molecule has 4 rings (SSSR count). The Balaban J connectivity index is 1.80. The Morgan fingerprint density at radius 3 is 2.81 bits per heavy atom. The predicted molar refractivity (Wildman–Crippen MR) is 111 cm³/mol. The van der Waals surface area contributed by atoms with E-state index in [-0.39, 0.29) is 5.91 Å². The fourth-order valence-electron chi connectivity index (χ4n) is 3.08. The van der Waals surface area contributed by atoms with Gasteiger partial charge >= 0.3 is 0 Å². The highest BCUT2D eigenvalue weighted by Crippen LogP contribution is 2.33. The number of carbonyl (C=O) groups is 1. The number of aromatic nitrogens is 2. The summed E-state index contributed by atoms with van der Waals surface area (Å²) < 4.78 is 14.5. The maximum Gasteiger partial charge on any atom is 0.258 e. The van der Waals surface area contributed by atoms with Crippen LogP contribution in [0.1, 0.15) is 27.2 Å². The Morgan fingerprint density at radius 1 is 1.26 bits per heavy atom. The summed E-state index contributed by atoms with van der Waals surface area (Å²) in [7, 11) is -0.997. The molecule has 138 valence electrons. The number of nitrogens with one attached hydrogen (secondary N) is 1. The van der Waals surface area contributed by atoms with Crippen molar-refractivity contribution in [3.8, 4) is 5.69 Å². The molecule has 0 bridgehead atoms. The third kappa shape index (κ3) is 3.47. The first kappa shape index (κ1) is 18.4. The second-order valence-electron chi connectivity index (χ2n) is 6.28. The molecule has 1 atom stereocenters. The molecule has 0 saturated carbocycles. The van der Waals surface area contributed by atoms with Gasteiger partial charge in [0.25, 0.3) is 5.91 Å². The highest BCUT2D eigenvalue weighted by atomic mass is 79.9. The molecule has 8 heteroatoms. The van der Waals surface area contributed by atoms with Crippen LogP contribution in [0.15, 0.2) is 46.9 Å². The first-order chi connectivity index (χ1) is 12.9. The van der Waals surface area contributed by atoms with Crippen molar-refractivity contribution in [1.29, 1.82) is 0 Å². The number of nitrogens with zero attached hydrogens (tertiary/aromatic N) is 2. The first-order valence-electron chi connectivity index (χ1n) is 8.22. The van der Waals surface area contributed by atoms with Crippen molar-refractivity contribution in [3.63, 3.8) is 0 Å². The predicted octanol–water partition coefficient (Wildman–Crippen LogP) is 4.61. The Bertz CT molecular complexity index is 1100. The highest BCUT2D eigenvalue weighted by Gasteiger charge is 2.29. The van der Waals surface area contributed by atoms with Gasteiger partial charge in [0.1, 0.15) is 5.82 Å². The SMILES string of the molecule is Cc1ccccc1-n1nc2c(c1NC(=O)c1cc(Br)ccc1Cl)CS(=O)C2.